The molecule has 1 aromatic rings. The lowest BCUT2D eigenvalue weighted by atomic mass is 10.3. The quantitative estimate of drug-likeness (QED) is 0.745. The Bertz CT molecular complexity index is 339. The Hall–Kier alpha value is -0.390. The number of hydrogen-bond acceptors (Lipinski definition) is 4. The van der Waals surface area contributed by atoms with Gasteiger partial charge in [-0.05, 0) is 10.9 Å². The molecular weight excluding hydrogens is 182 g/mol. The molecule has 0 aliphatic heterocycles. The first kappa shape index (κ1) is 8.70. The Morgan fingerprint density at radius 1 is 1.55 bits per heavy atom. The SMILES string of the molecule is CS(=O)(=O)c1cscc1CN. The first-order valence-corrected chi connectivity index (χ1v) is 5.84. The summed E-state index contributed by atoms with van der Waals surface area (Å²) in [6.45, 7) is 0.284. The van der Waals surface area contributed by atoms with Crippen LogP contribution < -0.4 is 5.73 Å². The Morgan fingerprint density at radius 2 is 2.18 bits per heavy atom. The fourth-order valence-electron chi connectivity index (χ4n) is 0.786. The summed E-state index contributed by atoms with van der Waals surface area (Å²) >= 11 is 1.36. The van der Waals surface area contributed by atoms with Crippen molar-refractivity contribution in [2.24, 2.45) is 5.73 Å². The van der Waals surface area contributed by atoms with Crippen molar-refractivity contribution >= 4 is 21.2 Å². The highest BCUT2D eigenvalue weighted by Crippen LogP contribution is 2.19. The van der Waals surface area contributed by atoms with Gasteiger partial charge in [0.15, 0.2) is 9.84 Å². The molecule has 1 rings (SSSR count). The normalized spacial score (nSPS) is 11.8. The van der Waals surface area contributed by atoms with Gasteiger partial charge in [0.2, 0.25) is 0 Å². The molecule has 1 aromatic heterocycles. The van der Waals surface area contributed by atoms with E-state index in [0.29, 0.717) is 10.5 Å². The smallest absolute Gasteiger partial charge is 0.176 e. The molecule has 0 bridgehead atoms. The Morgan fingerprint density at radius 3 is 2.55 bits per heavy atom. The van der Waals surface area contributed by atoms with Gasteiger partial charge in [0.1, 0.15) is 0 Å². The maximum Gasteiger partial charge on any atom is 0.176 e. The molecule has 1 heterocycles. The first-order chi connectivity index (χ1) is 5.05. The average molecular weight is 191 g/mol. The van der Waals surface area contributed by atoms with Crippen LogP contribution >= 0.6 is 11.3 Å². The van der Waals surface area contributed by atoms with Crippen molar-refractivity contribution in [3.63, 3.8) is 0 Å². The summed E-state index contributed by atoms with van der Waals surface area (Å²) in [7, 11) is -3.07. The van der Waals surface area contributed by atoms with Gasteiger partial charge in [0.05, 0.1) is 4.90 Å². The second-order valence-electron chi connectivity index (χ2n) is 2.24. The highest BCUT2D eigenvalue weighted by atomic mass is 32.2. The Labute approximate surface area is 69.8 Å². The standard InChI is InChI=1S/C6H9NO2S2/c1-11(8,9)6-4-10-3-5(6)2-7/h3-4H,2,7H2,1H3. The van der Waals surface area contributed by atoms with Crippen LogP contribution in [0, 0.1) is 0 Å². The summed E-state index contributed by atoms with van der Waals surface area (Å²) in [4.78, 5) is 0.366. The molecule has 3 nitrogen and oxygen atoms in total. The molecule has 0 aliphatic carbocycles. The van der Waals surface area contributed by atoms with Gasteiger partial charge < -0.3 is 5.73 Å². The predicted octanol–water partition coefficient (Wildman–Crippen LogP) is 0.610. The van der Waals surface area contributed by atoms with Crippen LogP contribution in [-0.4, -0.2) is 14.7 Å². The Balaban J connectivity index is 3.24. The molecule has 5 heteroatoms. The van der Waals surface area contributed by atoms with Crippen LogP contribution in [0.4, 0.5) is 0 Å². The van der Waals surface area contributed by atoms with Crippen LogP contribution in [0.3, 0.4) is 0 Å². The van der Waals surface area contributed by atoms with E-state index in [1.807, 2.05) is 0 Å². The predicted molar refractivity (Wildman–Crippen MR) is 45.3 cm³/mol. The number of nitrogens with two attached hydrogens (primary N) is 1. The minimum absolute atomic E-state index is 0.284. The molecule has 0 aromatic carbocycles. The lowest BCUT2D eigenvalue weighted by Gasteiger charge is -1.96. The van der Waals surface area contributed by atoms with E-state index in [1.54, 1.807) is 10.8 Å². The van der Waals surface area contributed by atoms with Crippen LogP contribution in [0.15, 0.2) is 15.7 Å². The molecular formula is C6H9NO2S2. The molecule has 0 saturated heterocycles. The molecule has 0 atom stereocenters. The summed E-state index contributed by atoms with van der Waals surface area (Å²) in [5.41, 5.74) is 6.04. The van der Waals surface area contributed by atoms with Gasteiger partial charge >= 0.3 is 0 Å². The number of rotatable bonds is 2. The minimum atomic E-state index is -3.07. The number of hydrogen-bond donors (Lipinski definition) is 1. The van der Waals surface area contributed by atoms with Crippen LogP contribution in [0.2, 0.25) is 0 Å². The molecule has 0 spiro atoms. The van der Waals surface area contributed by atoms with E-state index < -0.39 is 9.84 Å². The average Bonchev–Trinajstić information content (AvgIpc) is 2.31. The topological polar surface area (TPSA) is 60.2 Å². The third-order valence-electron chi connectivity index (χ3n) is 1.32. The van der Waals surface area contributed by atoms with Crippen molar-refractivity contribution in [1.29, 1.82) is 0 Å². The minimum Gasteiger partial charge on any atom is -0.326 e. The van der Waals surface area contributed by atoms with E-state index in [4.69, 9.17) is 5.73 Å². The van der Waals surface area contributed by atoms with Crippen LogP contribution in [0.1, 0.15) is 5.56 Å². The Kier molecular flexibility index (Phi) is 2.31. The molecule has 0 saturated carbocycles. The molecule has 62 valence electrons. The highest BCUT2D eigenvalue weighted by molar-refractivity contribution is 7.90. The lowest BCUT2D eigenvalue weighted by Crippen LogP contribution is -2.03. The van der Waals surface area contributed by atoms with Crippen molar-refractivity contribution in [1.82, 2.24) is 0 Å². The molecule has 0 fully saturated rings. The molecule has 0 aliphatic rings. The third-order valence-corrected chi connectivity index (χ3v) is 3.44. The van der Waals surface area contributed by atoms with Gasteiger partial charge in [0, 0.05) is 18.2 Å². The van der Waals surface area contributed by atoms with Crippen molar-refractivity contribution < 1.29 is 8.42 Å². The van der Waals surface area contributed by atoms with E-state index in [-0.39, 0.29) is 6.54 Å². The van der Waals surface area contributed by atoms with E-state index in [2.05, 4.69) is 0 Å². The first-order valence-electron chi connectivity index (χ1n) is 3.01. The number of sulfone groups is 1. The zero-order chi connectivity index (χ0) is 8.48. The van der Waals surface area contributed by atoms with E-state index in [1.165, 1.54) is 17.6 Å². The largest absolute Gasteiger partial charge is 0.326 e. The summed E-state index contributed by atoms with van der Waals surface area (Å²) in [5, 5.41) is 3.37. The molecule has 0 unspecified atom stereocenters. The molecule has 11 heavy (non-hydrogen) atoms. The van der Waals surface area contributed by atoms with Crippen LogP contribution in [0.25, 0.3) is 0 Å². The fraction of sp³-hybridized carbons (Fsp3) is 0.333. The lowest BCUT2D eigenvalue weighted by molar-refractivity contribution is 0.601. The molecule has 0 amide bonds. The van der Waals surface area contributed by atoms with Crippen LogP contribution in [0.5, 0.6) is 0 Å². The van der Waals surface area contributed by atoms with Crippen LogP contribution in [-0.2, 0) is 16.4 Å². The van der Waals surface area contributed by atoms with Gasteiger partial charge in [-0.2, -0.15) is 11.3 Å². The van der Waals surface area contributed by atoms with Gasteiger partial charge in [0.25, 0.3) is 0 Å². The second kappa shape index (κ2) is 2.92. The van der Waals surface area contributed by atoms with Gasteiger partial charge in [-0.15, -0.1) is 0 Å². The monoisotopic (exact) mass is 191 g/mol. The zero-order valence-electron chi connectivity index (χ0n) is 6.07. The van der Waals surface area contributed by atoms with Crippen molar-refractivity contribution in [3.8, 4) is 0 Å². The molecule has 2 N–H and O–H groups in total. The highest BCUT2D eigenvalue weighted by Gasteiger charge is 2.12. The van der Waals surface area contributed by atoms with Crippen molar-refractivity contribution in [2.75, 3.05) is 6.26 Å². The molecule has 0 radical (unpaired) electrons. The van der Waals surface area contributed by atoms with Crippen molar-refractivity contribution in [2.45, 2.75) is 11.4 Å². The summed E-state index contributed by atoms with van der Waals surface area (Å²) in [5.74, 6) is 0. The van der Waals surface area contributed by atoms with Gasteiger partial charge in [-0.3, -0.25) is 0 Å². The fourth-order valence-corrected chi connectivity index (χ4v) is 3.08. The second-order valence-corrected chi connectivity index (χ2v) is 4.97. The maximum atomic E-state index is 11.0. The van der Waals surface area contributed by atoms with E-state index in [0.717, 1.165) is 0 Å². The summed E-state index contributed by atoms with van der Waals surface area (Å²) in [6, 6.07) is 0. The third kappa shape index (κ3) is 1.79. The maximum absolute atomic E-state index is 11.0. The van der Waals surface area contributed by atoms with E-state index >= 15 is 0 Å². The van der Waals surface area contributed by atoms with Gasteiger partial charge in [-0.25, -0.2) is 8.42 Å². The van der Waals surface area contributed by atoms with Crippen molar-refractivity contribution in [3.05, 3.63) is 16.3 Å². The van der Waals surface area contributed by atoms with Gasteiger partial charge in [-0.1, -0.05) is 0 Å². The van der Waals surface area contributed by atoms with E-state index in [9.17, 15) is 8.42 Å². The summed E-state index contributed by atoms with van der Waals surface area (Å²) < 4.78 is 22.0. The number of thiophene rings is 1. The summed E-state index contributed by atoms with van der Waals surface area (Å²) in [6.07, 6.45) is 1.19. The zero-order valence-corrected chi connectivity index (χ0v) is 7.71.